The lowest BCUT2D eigenvalue weighted by molar-refractivity contribution is 0.839. The van der Waals surface area contributed by atoms with Gasteiger partial charge in [0.15, 0.2) is 5.82 Å². The number of rotatable bonds is 1. The molecular formula is C8H9N5. The zero-order valence-corrected chi connectivity index (χ0v) is 7.18. The van der Waals surface area contributed by atoms with Crippen molar-refractivity contribution in [3.05, 3.63) is 30.4 Å². The predicted molar refractivity (Wildman–Crippen MR) is 48.3 cm³/mol. The predicted octanol–water partition coefficient (Wildman–Crippen LogP) is 0.553. The third-order valence-electron chi connectivity index (χ3n) is 1.60. The highest BCUT2D eigenvalue weighted by Crippen LogP contribution is 2.03. The number of nitrogens with zero attached hydrogens (tertiary/aromatic N) is 4. The van der Waals surface area contributed by atoms with Gasteiger partial charge in [0.1, 0.15) is 5.82 Å². The second-order valence-corrected chi connectivity index (χ2v) is 2.76. The topological polar surface area (TPSA) is 69.6 Å². The molecule has 0 bridgehead atoms. The van der Waals surface area contributed by atoms with Crippen molar-refractivity contribution in [3.8, 4) is 5.82 Å². The van der Waals surface area contributed by atoms with Crippen LogP contribution in [0, 0.1) is 6.92 Å². The van der Waals surface area contributed by atoms with E-state index in [0.29, 0.717) is 11.6 Å². The fraction of sp³-hybridized carbons (Fsp3) is 0.125. The van der Waals surface area contributed by atoms with Crippen LogP contribution in [0.1, 0.15) is 5.56 Å². The summed E-state index contributed by atoms with van der Waals surface area (Å²) in [6.45, 7) is 1.97. The lowest BCUT2D eigenvalue weighted by Gasteiger charge is -1.98. The van der Waals surface area contributed by atoms with E-state index in [2.05, 4.69) is 15.1 Å². The monoisotopic (exact) mass is 175 g/mol. The average molecular weight is 175 g/mol. The maximum absolute atomic E-state index is 5.41. The van der Waals surface area contributed by atoms with E-state index in [9.17, 15) is 0 Å². The summed E-state index contributed by atoms with van der Waals surface area (Å²) in [5, 5.41) is 4.09. The van der Waals surface area contributed by atoms with Crippen LogP contribution in [0.25, 0.3) is 5.82 Å². The molecule has 0 spiro atoms. The van der Waals surface area contributed by atoms with Crippen LogP contribution in [0.5, 0.6) is 0 Å². The summed E-state index contributed by atoms with van der Waals surface area (Å²) < 4.78 is 1.65. The number of anilines is 1. The van der Waals surface area contributed by atoms with Gasteiger partial charge in [0.05, 0.1) is 18.6 Å². The third kappa shape index (κ3) is 1.48. The Kier molecular flexibility index (Phi) is 1.70. The normalized spacial score (nSPS) is 10.2. The molecule has 0 aliphatic rings. The van der Waals surface area contributed by atoms with Crippen molar-refractivity contribution in [2.24, 2.45) is 0 Å². The van der Waals surface area contributed by atoms with E-state index in [-0.39, 0.29) is 0 Å². The standard InChI is InChI=1S/C8H9N5/c1-6-2-12-13(5-6)8-4-10-7(9)3-11-8/h2-5H,1H3,(H2,9,10). The van der Waals surface area contributed by atoms with Crippen LogP contribution in [0.15, 0.2) is 24.8 Å². The van der Waals surface area contributed by atoms with Crippen molar-refractivity contribution in [1.29, 1.82) is 0 Å². The van der Waals surface area contributed by atoms with Gasteiger partial charge in [-0.05, 0) is 12.5 Å². The molecule has 0 atom stereocenters. The van der Waals surface area contributed by atoms with E-state index in [4.69, 9.17) is 5.73 Å². The molecule has 0 aliphatic heterocycles. The van der Waals surface area contributed by atoms with Gasteiger partial charge < -0.3 is 5.73 Å². The Morgan fingerprint density at radius 3 is 2.62 bits per heavy atom. The molecule has 2 aromatic rings. The smallest absolute Gasteiger partial charge is 0.171 e. The average Bonchev–Trinajstić information content (AvgIpc) is 2.53. The molecule has 0 aromatic carbocycles. The zero-order valence-electron chi connectivity index (χ0n) is 7.18. The van der Waals surface area contributed by atoms with E-state index in [1.54, 1.807) is 17.1 Å². The molecule has 0 aliphatic carbocycles. The van der Waals surface area contributed by atoms with E-state index in [1.807, 2.05) is 13.1 Å². The van der Waals surface area contributed by atoms with Gasteiger partial charge in [0, 0.05) is 6.20 Å². The highest BCUT2D eigenvalue weighted by molar-refractivity contribution is 5.28. The van der Waals surface area contributed by atoms with Gasteiger partial charge in [0.2, 0.25) is 0 Å². The maximum atomic E-state index is 5.41. The summed E-state index contributed by atoms with van der Waals surface area (Å²) in [6.07, 6.45) is 6.73. The first-order valence-electron chi connectivity index (χ1n) is 3.85. The molecule has 0 amide bonds. The Morgan fingerprint density at radius 2 is 2.08 bits per heavy atom. The van der Waals surface area contributed by atoms with Gasteiger partial charge in [-0.2, -0.15) is 5.10 Å². The van der Waals surface area contributed by atoms with Crippen LogP contribution in [0.2, 0.25) is 0 Å². The van der Waals surface area contributed by atoms with Gasteiger partial charge >= 0.3 is 0 Å². The Balaban J connectivity index is 2.41. The molecule has 0 fully saturated rings. The van der Waals surface area contributed by atoms with Crippen LogP contribution in [-0.2, 0) is 0 Å². The molecule has 5 nitrogen and oxygen atoms in total. The van der Waals surface area contributed by atoms with E-state index < -0.39 is 0 Å². The Labute approximate surface area is 75.2 Å². The number of hydrogen-bond acceptors (Lipinski definition) is 4. The molecule has 2 heterocycles. The largest absolute Gasteiger partial charge is 0.382 e. The van der Waals surface area contributed by atoms with Gasteiger partial charge in [-0.25, -0.2) is 14.6 Å². The van der Waals surface area contributed by atoms with Gasteiger partial charge in [-0.1, -0.05) is 0 Å². The van der Waals surface area contributed by atoms with Crippen molar-refractivity contribution in [1.82, 2.24) is 19.7 Å². The number of nitrogens with two attached hydrogens (primary N) is 1. The minimum atomic E-state index is 0.410. The lowest BCUT2D eigenvalue weighted by atomic mass is 10.4. The second kappa shape index (κ2) is 2.85. The fourth-order valence-electron chi connectivity index (χ4n) is 0.988. The first kappa shape index (κ1) is 7.72. The van der Waals surface area contributed by atoms with Crippen molar-refractivity contribution >= 4 is 5.82 Å². The SMILES string of the molecule is Cc1cnn(-c2cnc(N)cn2)c1. The number of aryl methyl sites for hydroxylation is 1. The minimum absolute atomic E-state index is 0.410. The van der Waals surface area contributed by atoms with E-state index in [1.165, 1.54) is 6.20 Å². The molecule has 0 saturated heterocycles. The van der Waals surface area contributed by atoms with Crippen LogP contribution in [-0.4, -0.2) is 19.7 Å². The first-order valence-corrected chi connectivity index (χ1v) is 3.85. The lowest BCUT2D eigenvalue weighted by Crippen LogP contribution is -2.00. The van der Waals surface area contributed by atoms with E-state index >= 15 is 0 Å². The molecule has 2 rings (SSSR count). The number of aromatic nitrogens is 4. The van der Waals surface area contributed by atoms with Gasteiger partial charge in [0.25, 0.3) is 0 Å². The Hall–Kier alpha value is -1.91. The zero-order chi connectivity index (χ0) is 9.26. The third-order valence-corrected chi connectivity index (χ3v) is 1.60. The first-order chi connectivity index (χ1) is 6.25. The van der Waals surface area contributed by atoms with E-state index in [0.717, 1.165) is 5.56 Å². The molecule has 0 unspecified atom stereocenters. The van der Waals surface area contributed by atoms with Crippen LogP contribution in [0.3, 0.4) is 0 Å². The van der Waals surface area contributed by atoms with Crippen molar-refractivity contribution in [2.45, 2.75) is 6.92 Å². The molecule has 2 N–H and O–H groups in total. The molecule has 13 heavy (non-hydrogen) atoms. The van der Waals surface area contributed by atoms with Crippen molar-refractivity contribution in [3.63, 3.8) is 0 Å². The minimum Gasteiger partial charge on any atom is -0.382 e. The summed E-state index contributed by atoms with van der Waals surface area (Å²) in [4.78, 5) is 7.99. The quantitative estimate of drug-likeness (QED) is 0.687. The maximum Gasteiger partial charge on any atom is 0.171 e. The van der Waals surface area contributed by atoms with Crippen molar-refractivity contribution in [2.75, 3.05) is 5.73 Å². The Bertz CT molecular complexity index is 403. The van der Waals surface area contributed by atoms with Crippen LogP contribution < -0.4 is 5.73 Å². The summed E-state index contributed by atoms with van der Waals surface area (Å²) in [5.74, 6) is 1.08. The summed E-state index contributed by atoms with van der Waals surface area (Å²) in [7, 11) is 0. The highest BCUT2D eigenvalue weighted by atomic mass is 15.3. The van der Waals surface area contributed by atoms with Crippen LogP contribution >= 0.6 is 0 Å². The number of hydrogen-bond donors (Lipinski definition) is 1. The molecule has 5 heteroatoms. The summed E-state index contributed by atoms with van der Waals surface area (Å²) in [5.41, 5.74) is 6.49. The molecule has 0 radical (unpaired) electrons. The molecule has 66 valence electrons. The Morgan fingerprint density at radius 1 is 1.23 bits per heavy atom. The van der Waals surface area contributed by atoms with Gasteiger partial charge in [-0.3, -0.25) is 0 Å². The van der Waals surface area contributed by atoms with Crippen LogP contribution in [0.4, 0.5) is 5.82 Å². The highest BCUT2D eigenvalue weighted by Gasteiger charge is 1.98. The fourth-order valence-corrected chi connectivity index (χ4v) is 0.988. The molecule has 0 saturated carbocycles. The summed E-state index contributed by atoms with van der Waals surface area (Å²) >= 11 is 0. The second-order valence-electron chi connectivity index (χ2n) is 2.76. The summed E-state index contributed by atoms with van der Waals surface area (Å²) in [6, 6.07) is 0. The molecular weight excluding hydrogens is 166 g/mol. The molecule has 2 aromatic heterocycles. The van der Waals surface area contributed by atoms with Gasteiger partial charge in [-0.15, -0.1) is 0 Å². The van der Waals surface area contributed by atoms with Crippen molar-refractivity contribution < 1.29 is 0 Å². The number of nitrogen functional groups attached to an aromatic ring is 1.